The Kier molecular flexibility index (Phi) is 1.60. The lowest BCUT2D eigenvalue weighted by atomic mass is 9.77. The predicted molar refractivity (Wildman–Crippen MR) is 35.9 cm³/mol. The van der Waals surface area contributed by atoms with Gasteiger partial charge in [-0.3, -0.25) is 4.79 Å². The van der Waals surface area contributed by atoms with Gasteiger partial charge in [-0.2, -0.15) is 0 Å². The zero-order valence-corrected chi connectivity index (χ0v) is 6.03. The zero-order valence-electron chi connectivity index (χ0n) is 6.03. The number of ketones is 1. The van der Waals surface area contributed by atoms with Gasteiger partial charge in [0.2, 0.25) is 0 Å². The summed E-state index contributed by atoms with van der Waals surface area (Å²) in [5.74, 6) is 0.339. The van der Waals surface area contributed by atoms with Crippen molar-refractivity contribution < 1.29 is 4.79 Å². The summed E-state index contributed by atoms with van der Waals surface area (Å²) in [4.78, 5) is 10.8. The summed E-state index contributed by atoms with van der Waals surface area (Å²) in [5.41, 5.74) is 0.190. The van der Waals surface area contributed by atoms with Crippen LogP contribution in [-0.2, 0) is 4.79 Å². The van der Waals surface area contributed by atoms with Crippen molar-refractivity contribution in [2.24, 2.45) is 5.41 Å². The largest absolute Gasteiger partial charge is 0.300 e. The second-order valence-corrected chi connectivity index (χ2v) is 3.48. The van der Waals surface area contributed by atoms with Gasteiger partial charge in [0.25, 0.3) is 0 Å². The molecule has 2 radical (unpaired) electrons. The van der Waals surface area contributed by atoms with E-state index in [9.17, 15) is 4.79 Å². The fourth-order valence-electron chi connectivity index (χ4n) is 1.20. The molecule has 0 atom stereocenters. The van der Waals surface area contributed by atoms with Crippen LogP contribution in [0.1, 0.15) is 33.1 Å². The fraction of sp³-hybridized carbons (Fsp3) is 0.750. The highest BCUT2D eigenvalue weighted by molar-refractivity contribution is 5.81. The third-order valence-electron chi connectivity index (χ3n) is 1.60. The monoisotopic (exact) mass is 124 g/mol. The molecule has 1 fully saturated rings. The van der Waals surface area contributed by atoms with Crippen molar-refractivity contribution in [2.45, 2.75) is 33.1 Å². The minimum Gasteiger partial charge on any atom is -0.300 e. The summed E-state index contributed by atoms with van der Waals surface area (Å²) in [7, 11) is 0. The van der Waals surface area contributed by atoms with Crippen molar-refractivity contribution in [3.8, 4) is 0 Å². The van der Waals surface area contributed by atoms with E-state index in [0.29, 0.717) is 12.2 Å². The molecule has 0 aliphatic heterocycles. The highest BCUT2D eigenvalue weighted by Gasteiger charge is 2.26. The van der Waals surface area contributed by atoms with E-state index < -0.39 is 0 Å². The molecular formula is C8H12O. The molecule has 1 aliphatic rings. The maximum atomic E-state index is 10.8. The van der Waals surface area contributed by atoms with Gasteiger partial charge in [0.05, 0.1) is 0 Å². The zero-order chi connectivity index (χ0) is 6.91. The Morgan fingerprint density at radius 3 is 2.56 bits per heavy atom. The van der Waals surface area contributed by atoms with Crippen molar-refractivity contribution >= 4 is 5.78 Å². The molecule has 0 unspecified atom stereocenters. The summed E-state index contributed by atoms with van der Waals surface area (Å²) in [6, 6.07) is 0. The Bertz CT molecular complexity index is 125. The van der Waals surface area contributed by atoms with Gasteiger partial charge in [0.15, 0.2) is 0 Å². The molecule has 1 nitrogen and oxygen atoms in total. The predicted octanol–water partition coefficient (Wildman–Crippen LogP) is 1.85. The number of Topliss-reactive ketones (excluding diaryl/α,β-unsaturated/α-hetero) is 1. The first-order chi connectivity index (χ1) is 4.10. The second kappa shape index (κ2) is 2.13. The number of carbonyl (C=O) groups is 1. The molecule has 50 valence electrons. The lowest BCUT2D eigenvalue weighted by Gasteiger charge is -2.27. The van der Waals surface area contributed by atoms with Crippen molar-refractivity contribution in [1.29, 1.82) is 0 Å². The summed E-state index contributed by atoms with van der Waals surface area (Å²) in [6.07, 6.45) is 5.36. The highest BCUT2D eigenvalue weighted by Crippen LogP contribution is 2.31. The maximum Gasteiger partial charge on any atom is 0.134 e. The topological polar surface area (TPSA) is 17.1 Å². The highest BCUT2D eigenvalue weighted by atomic mass is 16.1. The van der Waals surface area contributed by atoms with Gasteiger partial charge in [0.1, 0.15) is 5.78 Å². The molecule has 1 aliphatic carbocycles. The molecule has 0 aromatic carbocycles. The SMILES string of the molecule is CC1(C)C[C]CC(=O)C1. The second-order valence-electron chi connectivity index (χ2n) is 3.48. The lowest BCUT2D eigenvalue weighted by Crippen LogP contribution is -2.22. The van der Waals surface area contributed by atoms with Crippen LogP contribution in [0, 0.1) is 11.8 Å². The van der Waals surface area contributed by atoms with Gasteiger partial charge >= 0.3 is 0 Å². The van der Waals surface area contributed by atoms with E-state index in [-0.39, 0.29) is 5.41 Å². The molecular weight excluding hydrogens is 112 g/mol. The van der Waals surface area contributed by atoms with Crippen molar-refractivity contribution in [3.63, 3.8) is 0 Å². The van der Waals surface area contributed by atoms with Crippen LogP contribution in [0.2, 0.25) is 0 Å². The Labute approximate surface area is 56.4 Å². The molecule has 0 spiro atoms. The molecule has 0 bridgehead atoms. The van der Waals surface area contributed by atoms with E-state index >= 15 is 0 Å². The number of hydrogen-bond donors (Lipinski definition) is 0. The van der Waals surface area contributed by atoms with E-state index in [2.05, 4.69) is 20.3 Å². The van der Waals surface area contributed by atoms with Crippen LogP contribution >= 0.6 is 0 Å². The maximum absolute atomic E-state index is 10.8. The first-order valence-corrected chi connectivity index (χ1v) is 3.33. The van der Waals surface area contributed by atoms with Crippen molar-refractivity contribution in [2.75, 3.05) is 0 Å². The molecule has 0 aromatic rings. The van der Waals surface area contributed by atoms with Crippen LogP contribution in [0.4, 0.5) is 0 Å². The number of carbonyl (C=O) groups excluding carboxylic acids is 1. The normalized spacial score (nSPS) is 26.2. The van der Waals surface area contributed by atoms with Crippen LogP contribution in [-0.4, -0.2) is 5.78 Å². The molecule has 0 N–H and O–H groups in total. The Hall–Kier alpha value is -0.330. The Morgan fingerprint density at radius 1 is 1.56 bits per heavy atom. The Balaban J connectivity index is 2.51. The smallest absolute Gasteiger partial charge is 0.134 e. The first kappa shape index (κ1) is 6.79. The van der Waals surface area contributed by atoms with Gasteiger partial charge in [-0.25, -0.2) is 0 Å². The van der Waals surface area contributed by atoms with Gasteiger partial charge in [-0.15, -0.1) is 0 Å². The summed E-state index contributed by atoms with van der Waals surface area (Å²) < 4.78 is 0. The summed E-state index contributed by atoms with van der Waals surface area (Å²) >= 11 is 0. The van der Waals surface area contributed by atoms with Crippen molar-refractivity contribution in [3.05, 3.63) is 6.42 Å². The fourth-order valence-corrected chi connectivity index (χ4v) is 1.20. The summed E-state index contributed by atoms with van der Waals surface area (Å²) in [6.45, 7) is 4.22. The van der Waals surface area contributed by atoms with Crippen LogP contribution in [0.5, 0.6) is 0 Å². The molecule has 1 rings (SSSR count). The average Bonchev–Trinajstić information content (AvgIpc) is 1.60. The molecule has 0 amide bonds. The molecule has 0 aromatic heterocycles. The average molecular weight is 124 g/mol. The molecule has 0 saturated heterocycles. The molecule has 9 heavy (non-hydrogen) atoms. The Morgan fingerprint density at radius 2 is 2.22 bits per heavy atom. The van der Waals surface area contributed by atoms with Crippen LogP contribution in [0.3, 0.4) is 0 Å². The third kappa shape index (κ3) is 1.81. The van der Waals surface area contributed by atoms with E-state index in [1.165, 1.54) is 0 Å². The quantitative estimate of drug-likeness (QED) is 0.481. The minimum atomic E-state index is 0.190. The van der Waals surface area contributed by atoms with E-state index in [4.69, 9.17) is 0 Å². The van der Waals surface area contributed by atoms with Gasteiger partial charge in [0, 0.05) is 12.8 Å². The number of rotatable bonds is 0. The molecule has 1 saturated carbocycles. The number of hydrogen-bond acceptors (Lipinski definition) is 1. The van der Waals surface area contributed by atoms with Crippen LogP contribution in [0.25, 0.3) is 0 Å². The van der Waals surface area contributed by atoms with Crippen LogP contribution in [0.15, 0.2) is 0 Å². The van der Waals surface area contributed by atoms with Crippen LogP contribution < -0.4 is 0 Å². The first-order valence-electron chi connectivity index (χ1n) is 3.33. The standard InChI is InChI=1S/C8H12O/c1-8(2)5-3-4-7(9)6-8/h4-6H2,1-2H3. The third-order valence-corrected chi connectivity index (χ3v) is 1.60. The molecule has 1 heteroatoms. The van der Waals surface area contributed by atoms with E-state index in [0.717, 1.165) is 12.8 Å². The van der Waals surface area contributed by atoms with E-state index in [1.54, 1.807) is 0 Å². The minimum absolute atomic E-state index is 0.190. The lowest BCUT2D eigenvalue weighted by molar-refractivity contribution is -0.121. The van der Waals surface area contributed by atoms with Gasteiger partial charge < -0.3 is 0 Å². The van der Waals surface area contributed by atoms with E-state index in [1.807, 2.05) is 0 Å². The van der Waals surface area contributed by atoms with Gasteiger partial charge in [-0.05, 0) is 18.3 Å². The summed E-state index contributed by atoms with van der Waals surface area (Å²) in [5, 5.41) is 0. The molecule has 0 heterocycles. The van der Waals surface area contributed by atoms with Crippen molar-refractivity contribution in [1.82, 2.24) is 0 Å². The van der Waals surface area contributed by atoms with Gasteiger partial charge in [-0.1, -0.05) is 13.8 Å².